The highest BCUT2D eigenvalue weighted by Crippen LogP contribution is 2.22. The lowest BCUT2D eigenvalue weighted by Crippen LogP contribution is -2.54. The molecule has 0 bridgehead atoms. The molecule has 3 N–H and O–H groups in total. The van der Waals surface area contributed by atoms with Gasteiger partial charge in [0.2, 0.25) is 5.91 Å². The van der Waals surface area contributed by atoms with Crippen LogP contribution in [-0.2, 0) is 14.3 Å². The van der Waals surface area contributed by atoms with Gasteiger partial charge in [0.25, 0.3) is 0 Å². The van der Waals surface area contributed by atoms with Crippen molar-refractivity contribution in [3.8, 4) is 0 Å². The first kappa shape index (κ1) is 15.9. The van der Waals surface area contributed by atoms with Crippen LogP contribution < -0.4 is 5.73 Å². The van der Waals surface area contributed by atoms with E-state index < -0.39 is 24.0 Å². The van der Waals surface area contributed by atoms with Crippen molar-refractivity contribution in [2.75, 3.05) is 19.8 Å². The van der Waals surface area contributed by atoms with Gasteiger partial charge in [-0.2, -0.15) is 0 Å². The maximum Gasteiger partial charge on any atom is 0.311 e. The SMILES string of the molecule is CCCN(C(=O)C(N)C(C)C)C1COCC1C(=O)O. The number of aliphatic carboxylic acids is 1. The minimum atomic E-state index is -0.922. The molecule has 3 atom stereocenters. The summed E-state index contributed by atoms with van der Waals surface area (Å²) in [6.45, 7) is 6.65. The molecule has 110 valence electrons. The van der Waals surface area contributed by atoms with Crippen molar-refractivity contribution >= 4 is 11.9 Å². The van der Waals surface area contributed by atoms with Gasteiger partial charge in [0.05, 0.1) is 25.3 Å². The number of nitrogens with zero attached hydrogens (tertiary/aromatic N) is 1. The molecule has 1 heterocycles. The zero-order chi connectivity index (χ0) is 14.6. The van der Waals surface area contributed by atoms with Crippen LogP contribution in [0.3, 0.4) is 0 Å². The van der Waals surface area contributed by atoms with E-state index in [1.165, 1.54) is 0 Å². The standard InChI is InChI=1S/C13H24N2O4/c1-4-5-15(12(16)11(14)8(2)3)10-7-19-6-9(10)13(17)18/h8-11H,4-7,14H2,1-3H3,(H,17,18). The van der Waals surface area contributed by atoms with Crippen molar-refractivity contribution in [2.45, 2.75) is 39.3 Å². The van der Waals surface area contributed by atoms with Gasteiger partial charge in [0, 0.05) is 6.54 Å². The number of hydrogen-bond acceptors (Lipinski definition) is 4. The lowest BCUT2D eigenvalue weighted by molar-refractivity contribution is -0.145. The molecule has 3 unspecified atom stereocenters. The molecule has 0 aromatic carbocycles. The van der Waals surface area contributed by atoms with Gasteiger partial charge < -0.3 is 20.5 Å². The normalized spacial score (nSPS) is 24.5. The van der Waals surface area contributed by atoms with Crippen molar-refractivity contribution in [1.82, 2.24) is 4.90 Å². The Bertz CT molecular complexity index is 333. The molecule has 0 saturated carbocycles. The van der Waals surface area contributed by atoms with E-state index in [9.17, 15) is 14.7 Å². The van der Waals surface area contributed by atoms with Gasteiger partial charge in [-0.15, -0.1) is 0 Å². The average molecular weight is 272 g/mol. The Hall–Kier alpha value is -1.14. The predicted molar refractivity (Wildman–Crippen MR) is 70.6 cm³/mol. The number of amides is 1. The third-order valence-electron chi connectivity index (χ3n) is 3.52. The van der Waals surface area contributed by atoms with Gasteiger partial charge >= 0.3 is 5.97 Å². The summed E-state index contributed by atoms with van der Waals surface area (Å²) in [4.78, 5) is 25.2. The second kappa shape index (κ2) is 6.86. The minimum absolute atomic E-state index is 0.0254. The van der Waals surface area contributed by atoms with Crippen LogP contribution in [0.1, 0.15) is 27.2 Å². The lowest BCUT2D eigenvalue weighted by atomic mass is 9.98. The number of carbonyl (C=O) groups is 2. The highest BCUT2D eigenvalue weighted by molar-refractivity contribution is 5.83. The van der Waals surface area contributed by atoms with Crippen molar-refractivity contribution in [1.29, 1.82) is 0 Å². The summed E-state index contributed by atoms with van der Waals surface area (Å²) in [5, 5.41) is 9.18. The van der Waals surface area contributed by atoms with E-state index in [0.717, 1.165) is 6.42 Å². The molecule has 0 aromatic heterocycles. The fourth-order valence-corrected chi connectivity index (χ4v) is 2.24. The smallest absolute Gasteiger partial charge is 0.311 e. The van der Waals surface area contributed by atoms with Crippen molar-refractivity contribution in [3.63, 3.8) is 0 Å². The summed E-state index contributed by atoms with van der Waals surface area (Å²) in [6.07, 6.45) is 0.763. The predicted octanol–water partition coefficient (Wildman–Crippen LogP) is 0.308. The van der Waals surface area contributed by atoms with Crippen molar-refractivity contribution in [3.05, 3.63) is 0 Å². The van der Waals surface area contributed by atoms with E-state index >= 15 is 0 Å². The first-order valence-corrected chi connectivity index (χ1v) is 6.76. The van der Waals surface area contributed by atoms with Crippen LogP contribution in [0.5, 0.6) is 0 Å². The Morgan fingerprint density at radius 2 is 2.05 bits per heavy atom. The highest BCUT2D eigenvalue weighted by atomic mass is 16.5. The molecule has 6 heteroatoms. The third-order valence-corrected chi connectivity index (χ3v) is 3.52. The molecule has 6 nitrogen and oxygen atoms in total. The Kier molecular flexibility index (Phi) is 5.75. The number of rotatable bonds is 6. The Morgan fingerprint density at radius 1 is 1.42 bits per heavy atom. The summed E-state index contributed by atoms with van der Waals surface area (Å²) >= 11 is 0. The van der Waals surface area contributed by atoms with Gasteiger partial charge in [-0.25, -0.2) is 0 Å². The van der Waals surface area contributed by atoms with Gasteiger partial charge in [0.1, 0.15) is 5.92 Å². The monoisotopic (exact) mass is 272 g/mol. The average Bonchev–Trinajstić information content (AvgIpc) is 2.83. The molecular weight excluding hydrogens is 248 g/mol. The molecule has 0 spiro atoms. The maximum absolute atomic E-state index is 12.4. The third kappa shape index (κ3) is 3.67. The van der Waals surface area contributed by atoms with Gasteiger partial charge in [-0.3, -0.25) is 9.59 Å². The van der Waals surface area contributed by atoms with Gasteiger partial charge in [-0.1, -0.05) is 20.8 Å². The van der Waals surface area contributed by atoms with Crippen LogP contribution in [-0.4, -0.2) is 53.7 Å². The molecule has 0 radical (unpaired) electrons. The molecule has 1 aliphatic heterocycles. The van der Waals surface area contributed by atoms with Crippen LogP contribution in [0.25, 0.3) is 0 Å². The summed E-state index contributed by atoms with van der Waals surface area (Å²) < 4.78 is 5.23. The molecule has 1 fully saturated rings. The zero-order valence-corrected chi connectivity index (χ0v) is 11.8. The van der Waals surface area contributed by atoms with Crippen LogP contribution in [0.2, 0.25) is 0 Å². The first-order valence-electron chi connectivity index (χ1n) is 6.76. The minimum Gasteiger partial charge on any atom is -0.481 e. The number of ether oxygens (including phenoxy) is 1. The Morgan fingerprint density at radius 3 is 2.53 bits per heavy atom. The van der Waals surface area contributed by atoms with E-state index in [2.05, 4.69) is 0 Å². The zero-order valence-electron chi connectivity index (χ0n) is 11.8. The van der Waals surface area contributed by atoms with Crippen molar-refractivity contribution < 1.29 is 19.4 Å². The Labute approximate surface area is 113 Å². The largest absolute Gasteiger partial charge is 0.481 e. The van der Waals surface area contributed by atoms with E-state index in [4.69, 9.17) is 10.5 Å². The molecule has 0 aromatic rings. The van der Waals surface area contributed by atoms with Crippen molar-refractivity contribution in [2.24, 2.45) is 17.6 Å². The summed E-state index contributed by atoms with van der Waals surface area (Å²) in [5.74, 6) is -1.74. The molecule has 1 saturated heterocycles. The second-order valence-electron chi connectivity index (χ2n) is 5.35. The van der Waals surface area contributed by atoms with Crippen LogP contribution >= 0.6 is 0 Å². The quantitative estimate of drug-likeness (QED) is 0.726. The fourth-order valence-electron chi connectivity index (χ4n) is 2.24. The summed E-state index contributed by atoms with van der Waals surface area (Å²) in [7, 11) is 0. The first-order chi connectivity index (χ1) is 8.90. The second-order valence-corrected chi connectivity index (χ2v) is 5.35. The highest BCUT2D eigenvalue weighted by Gasteiger charge is 2.41. The topological polar surface area (TPSA) is 92.9 Å². The number of nitrogens with two attached hydrogens (primary N) is 1. The summed E-state index contributed by atoms with van der Waals surface area (Å²) in [6, 6.07) is -1.00. The number of carboxylic acids is 1. The lowest BCUT2D eigenvalue weighted by Gasteiger charge is -2.33. The molecular formula is C13H24N2O4. The number of hydrogen-bond donors (Lipinski definition) is 2. The van der Waals surface area contributed by atoms with Crippen LogP contribution in [0, 0.1) is 11.8 Å². The Balaban J connectivity index is 2.87. The van der Waals surface area contributed by atoms with E-state index in [1.807, 2.05) is 20.8 Å². The van der Waals surface area contributed by atoms with Gasteiger partial charge in [0.15, 0.2) is 0 Å². The summed E-state index contributed by atoms with van der Waals surface area (Å²) in [5.41, 5.74) is 5.90. The van der Waals surface area contributed by atoms with E-state index in [-0.39, 0.29) is 25.0 Å². The van der Waals surface area contributed by atoms with Crippen LogP contribution in [0.15, 0.2) is 0 Å². The van der Waals surface area contributed by atoms with E-state index in [0.29, 0.717) is 6.54 Å². The number of carbonyl (C=O) groups excluding carboxylic acids is 1. The maximum atomic E-state index is 12.4. The molecule has 0 aliphatic carbocycles. The fraction of sp³-hybridized carbons (Fsp3) is 0.846. The van der Waals surface area contributed by atoms with E-state index in [1.54, 1.807) is 4.90 Å². The van der Waals surface area contributed by atoms with Crippen LogP contribution in [0.4, 0.5) is 0 Å². The molecule has 1 aliphatic rings. The molecule has 1 rings (SSSR count). The number of carboxylic acid groups (broad SMARTS) is 1. The van der Waals surface area contributed by atoms with Gasteiger partial charge in [-0.05, 0) is 12.3 Å². The molecule has 19 heavy (non-hydrogen) atoms. The molecule has 1 amide bonds.